The van der Waals surface area contributed by atoms with Gasteiger partial charge in [0.05, 0.1) is 6.10 Å². The molecule has 1 heteroatoms. The minimum atomic E-state index is -0.235. The Morgan fingerprint density at radius 3 is 2.91 bits per heavy atom. The SMILES string of the molecule is CCCC1=CC(O)CC(C)=C1. The van der Waals surface area contributed by atoms with Crippen molar-refractivity contribution in [3.8, 4) is 0 Å². The summed E-state index contributed by atoms with van der Waals surface area (Å²) in [6.45, 7) is 4.23. The summed E-state index contributed by atoms with van der Waals surface area (Å²) < 4.78 is 0. The Hall–Kier alpha value is -0.560. The van der Waals surface area contributed by atoms with E-state index in [4.69, 9.17) is 0 Å². The minimum absolute atomic E-state index is 0.235. The lowest BCUT2D eigenvalue weighted by molar-refractivity contribution is 0.221. The zero-order valence-corrected chi connectivity index (χ0v) is 7.30. The van der Waals surface area contributed by atoms with Crippen molar-refractivity contribution in [1.82, 2.24) is 0 Å². The molecule has 0 radical (unpaired) electrons. The molecule has 1 nitrogen and oxygen atoms in total. The molecule has 1 unspecified atom stereocenters. The summed E-state index contributed by atoms with van der Waals surface area (Å²) in [5, 5.41) is 9.36. The molecule has 0 saturated heterocycles. The van der Waals surface area contributed by atoms with Gasteiger partial charge in [-0.2, -0.15) is 0 Å². The molecule has 0 amide bonds. The highest BCUT2D eigenvalue weighted by Gasteiger charge is 2.08. The van der Waals surface area contributed by atoms with Crippen molar-refractivity contribution in [2.75, 3.05) is 0 Å². The average molecular weight is 152 g/mol. The second kappa shape index (κ2) is 3.72. The Labute approximate surface area is 68.4 Å². The number of rotatable bonds is 2. The van der Waals surface area contributed by atoms with Crippen molar-refractivity contribution >= 4 is 0 Å². The van der Waals surface area contributed by atoms with E-state index in [0.29, 0.717) is 0 Å². The molecular weight excluding hydrogens is 136 g/mol. The van der Waals surface area contributed by atoms with E-state index < -0.39 is 0 Å². The summed E-state index contributed by atoms with van der Waals surface area (Å²) in [6.07, 6.45) is 6.98. The maximum absolute atomic E-state index is 9.36. The minimum Gasteiger partial charge on any atom is -0.389 e. The Morgan fingerprint density at radius 1 is 1.64 bits per heavy atom. The van der Waals surface area contributed by atoms with E-state index in [0.717, 1.165) is 19.3 Å². The van der Waals surface area contributed by atoms with Crippen LogP contribution < -0.4 is 0 Å². The van der Waals surface area contributed by atoms with E-state index in [1.807, 2.05) is 6.08 Å². The molecule has 0 aromatic carbocycles. The molecule has 0 spiro atoms. The van der Waals surface area contributed by atoms with Gasteiger partial charge in [0.2, 0.25) is 0 Å². The fraction of sp³-hybridized carbons (Fsp3) is 0.600. The number of allylic oxidation sites excluding steroid dienone is 2. The van der Waals surface area contributed by atoms with Gasteiger partial charge in [-0.25, -0.2) is 0 Å². The van der Waals surface area contributed by atoms with Crippen molar-refractivity contribution in [2.45, 2.75) is 39.2 Å². The maximum atomic E-state index is 9.36. The van der Waals surface area contributed by atoms with Crippen molar-refractivity contribution < 1.29 is 5.11 Å². The van der Waals surface area contributed by atoms with Crippen LogP contribution in [-0.4, -0.2) is 11.2 Å². The third kappa shape index (κ3) is 2.51. The molecule has 0 aromatic rings. The maximum Gasteiger partial charge on any atom is 0.0763 e. The van der Waals surface area contributed by atoms with Crippen LogP contribution in [0, 0.1) is 0 Å². The van der Waals surface area contributed by atoms with Gasteiger partial charge in [0.25, 0.3) is 0 Å². The van der Waals surface area contributed by atoms with E-state index in [2.05, 4.69) is 19.9 Å². The van der Waals surface area contributed by atoms with Crippen LogP contribution in [0.2, 0.25) is 0 Å². The van der Waals surface area contributed by atoms with Crippen LogP contribution in [0.15, 0.2) is 23.3 Å². The van der Waals surface area contributed by atoms with Crippen LogP contribution in [0.5, 0.6) is 0 Å². The summed E-state index contributed by atoms with van der Waals surface area (Å²) in [6, 6.07) is 0. The number of aliphatic hydroxyl groups is 1. The molecule has 11 heavy (non-hydrogen) atoms. The van der Waals surface area contributed by atoms with Gasteiger partial charge >= 0.3 is 0 Å². The molecule has 1 atom stereocenters. The summed E-state index contributed by atoms with van der Waals surface area (Å²) in [7, 11) is 0. The molecule has 0 saturated carbocycles. The second-order valence-electron chi connectivity index (χ2n) is 3.25. The molecule has 62 valence electrons. The fourth-order valence-corrected chi connectivity index (χ4v) is 1.50. The summed E-state index contributed by atoms with van der Waals surface area (Å²) in [5.41, 5.74) is 2.59. The van der Waals surface area contributed by atoms with Gasteiger partial charge in [-0.3, -0.25) is 0 Å². The van der Waals surface area contributed by atoms with Crippen molar-refractivity contribution in [3.63, 3.8) is 0 Å². The van der Waals surface area contributed by atoms with Gasteiger partial charge < -0.3 is 5.11 Å². The molecule has 0 bridgehead atoms. The van der Waals surface area contributed by atoms with Crippen LogP contribution in [0.25, 0.3) is 0 Å². The standard InChI is InChI=1S/C10H16O/c1-3-4-9-5-8(2)6-10(11)7-9/h5,7,10-11H,3-4,6H2,1-2H3. The number of hydrogen-bond donors (Lipinski definition) is 1. The van der Waals surface area contributed by atoms with Crippen LogP contribution in [0.3, 0.4) is 0 Å². The van der Waals surface area contributed by atoms with Gasteiger partial charge in [0, 0.05) is 0 Å². The predicted octanol–water partition coefficient (Wildman–Crippen LogP) is 2.42. The van der Waals surface area contributed by atoms with Crippen LogP contribution in [-0.2, 0) is 0 Å². The van der Waals surface area contributed by atoms with E-state index in [1.54, 1.807) is 0 Å². The first-order valence-corrected chi connectivity index (χ1v) is 4.28. The third-order valence-electron chi connectivity index (χ3n) is 1.91. The highest BCUT2D eigenvalue weighted by molar-refractivity contribution is 5.28. The lowest BCUT2D eigenvalue weighted by Gasteiger charge is -2.14. The Balaban J connectivity index is 2.62. The van der Waals surface area contributed by atoms with Crippen LogP contribution >= 0.6 is 0 Å². The highest BCUT2D eigenvalue weighted by Crippen LogP contribution is 2.20. The van der Waals surface area contributed by atoms with Gasteiger partial charge in [-0.15, -0.1) is 0 Å². The summed E-state index contributed by atoms with van der Waals surface area (Å²) >= 11 is 0. The highest BCUT2D eigenvalue weighted by atomic mass is 16.3. The first-order valence-electron chi connectivity index (χ1n) is 4.28. The molecule has 0 heterocycles. The normalized spacial score (nSPS) is 24.5. The fourth-order valence-electron chi connectivity index (χ4n) is 1.50. The van der Waals surface area contributed by atoms with Gasteiger partial charge in [0.15, 0.2) is 0 Å². The van der Waals surface area contributed by atoms with Crippen molar-refractivity contribution in [2.24, 2.45) is 0 Å². The van der Waals surface area contributed by atoms with Crippen molar-refractivity contribution in [3.05, 3.63) is 23.3 Å². The van der Waals surface area contributed by atoms with Crippen LogP contribution in [0.1, 0.15) is 33.1 Å². The Morgan fingerprint density at radius 2 is 2.36 bits per heavy atom. The van der Waals surface area contributed by atoms with E-state index in [9.17, 15) is 5.11 Å². The lowest BCUT2D eigenvalue weighted by atomic mass is 9.96. The van der Waals surface area contributed by atoms with Gasteiger partial charge in [-0.1, -0.05) is 31.1 Å². The molecule has 0 aliphatic heterocycles. The molecule has 1 N–H and O–H groups in total. The zero-order chi connectivity index (χ0) is 8.27. The molecular formula is C10H16O. The Kier molecular flexibility index (Phi) is 2.89. The Bertz CT molecular complexity index is 189. The lowest BCUT2D eigenvalue weighted by Crippen LogP contribution is -2.08. The number of hydrogen-bond acceptors (Lipinski definition) is 1. The first-order chi connectivity index (χ1) is 5.22. The zero-order valence-electron chi connectivity index (χ0n) is 7.30. The second-order valence-corrected chi connectivity index (χ2v) is 3.25. The van der Waals surface area contributed by atoms with E-state index in [-0.39, 0.29) is 6.10 Å². The van der Waals surface area contributed by atoms with E-state index in [1.165, 1.54) is 11.1 Å². The van der Waals surface area contributed by atoms with Gasteiger partial charge in [0.1, 0.15) is 0 Å². The quantitative estimate of drug-likeness (QED) is 0.644. The van der Waals surface area contributed by atoms with E-state index >= 15 is 0 Å². The molecule has 1 aliphatic rings. The first kappa shape index (κ1) is 8.54. The molecule has 1 aliphatic carbocycles. The summed E-state index contributed by atoms with van der Waals surface area (Å²) in [4.78, 5) is 0. The van der Waals surface area contributed by atoms with Crippen molar-refractivity contribution in [1.29, 1.82) is 0 Å². The smallest absolute Gasteiger partial charge is 0.0763 e. The molecule has 1 rings (SSSR count). The average Bonchev–Trinajstić information content (AvgIpc) is 1.85. The summed E-state index contributed by atoms with van der Waals surface area (Å²) in [5.74, 6) is 0. The number of aliphatic hydroxyl groups excluding tert-OH is 1. The molecule has 0 aromatic heterocycles. The predicted molar refractivity (Wildman–Crippen MR) is 47.4 cm³/mol. The molecule has 0 fully saturated rings. The third-order valence-corrected chi connectivity index (χ3v) is 1.91. The van der Waals surface area contributed by atoms with Crippen LogP contribution in [0.4, 0.5) is 0 Å². The monoisotopic (exact) mass is 152 g/mol. The topological polar surface area (TPSA) is 20.2 Å². The van der Waals surface area contributed by atoms with Gasteiger partial charge in [-0.05, 0) is 25.3 Å². The largest absolute Gasteiger partial charge is 0.389 e.